The summed E-state index contributed by atoms with van der Waals surface area (Å²) in [6, 6.07) is 7.47. The maximum Gasteiger partial charge on any atom is 0.232 e. The third-order valence-electron chi connectivity index (χ3n) is 3.64. The van der Waals surface area contributed by atoms with Crippen LogP contribution in [0, 0.1) is 5.92 Å². The number of nitrogens with zero attached hydrogens (tertiary/aromatic N) is 2. The number of anilines is 2. The van der Waals surface area contributed by atoms with E-state index in [1.807, 2.05) is 36.6 Å². The van der Waals surface area contributed by atoms with E-state index < -0.39 is 10.0 Å². The molecule has 7 heteroatoms. The molecule has 0 aliphatic heterocycles. The zero-order valence-electron chi connectivity index (χ0n) is 14.6. The van der Waals surface area contributed by atoms with E-state index in [1.54, 1.807) is 11.3 Å². The van der Waals surface area contributed by atoms with Gasteiger partial charge < -0.3 is 5.32 Å². The molecule has 1 N–H and O–H groups in total. The van der Waals surface area contributed by atoms with Crippen molar-refractivity contribution in [1.82, 2.24) is 4.98 Å². The number of nitrogens with one attached hydrogen (secondary N) is 1. The van der Waals surface area contributed by atoms with Gasteiger partial charge in [-0.2, -0.15) is 0 Å². The minimum atomic E-state index is -3.25. The van der Waals surface area contributed by atoms with Crippen LogP contribution < -0.4 is 9.62 Å². The first-order valence-electron chi connectivity index (χ1n) is 8.08. The Morgan fingerprint density at radius 1 is 1.25 bits per heavy atom. The van der Waals surface area contributed by atoms with Gasteiger partial charge in [0.15, 0.2) is 5.13 Å². The van der Waals surface area contributed by atoms with E-state index in [4.69, 9.17) is 0 Å². The average Bonchev–Trinajstić information content (AvgIpc) is 2.96. The predicted molar refractivity (Wildman–Crippen MR) is 103 cm³/mol. The van der Waals surface area contributed by atoms with Gasteiger partial charge in [-0.15, -0.1) is 11.3 Å². The van der Waals surface area contributed by atoms with E-state index in [9.17, 15) is 8.42 Å². The summed E-state index contributed by atoms with van der Waals surface area (Å²) < 4.78 is 24.9. The third kappa shape index (κ3) is 4.95. The number of hydrogen-bond donors (Lipinski definition) is 1. The summed E-state index contributed by atoms with van der Waals surface area (Å²) in [4.78, 5) is 4.60. The average molecular weight is 368 g/mol. The molecular weight excluding hydrogens is 342 g/mol. The number of sulfonamides is 1. The lowest BCUT2D eigenvalue weighted by Crippen LogP contribution is -2.29. The minimum absolute atomic E-state index is 0.415. The molecule has 1 aromatic carbocycles. The number of thiazole rings is 1. The topological polar surface area (TPSA) is 62.3 Å². The molecule has 2 aromatic rings. The van der Waals surface area contributed by atoms with Crippen LogP contribution >= 0.6 is 11.3 Å². The molecule has 0 spiro atoms. The van der Waals surface area contributed by atoms with Crippen LogP contribution in [0.25, 0.3) is 11.3 Å². The van der Waals surface area contributed by atoms with Gasteiger partial charge in [0.05, 0.1) is 17.6 Å². The predicted octanol–water partition coefficient (Wildman–Crippen LogP) is 4.05. The van der Waals surface area contributed by atoms with Gasteiger partial charge in [-0.05, 0) is 31.4 Å². The molecule has 0 saturated carbocycles. The highest BCUT2D eigenvalue weighted by atomic mass is 32.2. The molecule has 0 aliphatic rings. The number of hydrogen-bond acceptors (Lipinski definition) is 5. The van der Waals surface area contributed by atoms with Gasteiger partial charge in [-0.3, -0.25) is 4.31 Å². The maximum atomic E-state index is 11.8. The van der Waals surface area contributed by atoms with Gasteiger partial charge >= 0.3 is 0 Å². The van der Waals surface area contributed by atoms with Crippen LogP contribution in [0.1, 0.15) is 27.2 Å². The Morgan fingerprint density at radius 2 is 1.92 bits per heavy atom. The molecule has 0 fully saturated rings. The molecule has 24 heavy (non-hydrogen) atoms. The fourth-order valence-corrected chi connectivity index (χ4v) is 4.08. The molecule has 132 valence electrons. The van der Waals surface area contributed by atoms with E-state index in [0.29, 0.717) is 18.2 Å². The summed E-state index contributed by atoms with van der Waals surface area (Å²) >= 11 is 1.59. The number of benzene rings is 1. The second-order valence-electron chi connectivity index (χ2n) is 6.12. The zero-order chi connectivity index (χ0) is 17.7. The van der Waals surface area contributed by atoms with Crippen LogP contribution in [-0.2, 0) is 10.0 Å². The molecule has 0 aliphatic carbocycles. The van der Waals surface area contributed by atoms with Crippen molar-refractivity contribution in [2.24, 2.45) is 5.92 Å². The smallest absolute Gasteiger partial charge is 0.232 e. The summed E-state index contributed by atoms with van der Waals surface area (Å²) in [6.07, 6.45) is 2.34. The van der Waals surface area contributed by atoms with Crippen LogP contribution in [0.5, 0.6) is 0 Å². The van der Waals surface area contributed by atoms with Crippen molar-refractivity contribution in [3.63, 3.8) is 0 Å². The quantitative estimate of drug-likeness (QED) is 0.764. The Hall–Kier alpha value is -1.60. The van der Waals surface area contributed by atoms with E-state index in [1.165, 1.54) is 10.6 Å². The largest absolute Gasteiger partial charge is 0.361 e. The van der Waals surface area contributed by atoms with E-state index in [2.05, 4.69) is 24.1 Å². The molecule has 0 unspecified atom stereocenters. The van der Waals surface area contributed by atoms with Crippen LogP contribution in [0.3, 0.4) is 0 Å². The third-order valence-corrected chi connectivity index (χ3v) is 5.71. The summed E-state index contributed by atoms with van der Waals surface area (Å²) in [5.74, 6) is 0.667. The van der Waals surface area contributed by atoms with Crippen LogP contribution in [0.2, 0.25) is 0 Å². The Balaban J connectivity index is 2.10. The Kier molecular flexibility index (Phi) is 6.23. The summed E-state index contributed by atoms with van der Waals surface area (Å²) in [5.41, 5.74) is 2.56. The normalized spacial score (nSPS) is 11.7. The maximum absolute atomic E-state index is 11.8. The molecule has 0 amide bonds. The van der Waals surface area contributed by atoms with Crippen molar-refractivity contribution in [3.05, 3.63) is 29.6 Å². The molecule has 0 radical (unpaired) electrons. The van der Waals surface area contributed by atoms with Gasteiger partial charge in [-0.25, -0.2) is 13.4 Å². The van der Waals surface area contributed by atoms with Gasteiger partial charge in [0.2, 0.25) is 10.0 Å². The van der Waals surface area contributed by atoms with Crippen molar-refractivity contribution in [1.29, 1.82) is 0 Å². The molecular formula is C17H25N3O2S2. The molecule has 5 nitrogen and oxygen atoms in total. The van der Waals surface area contributed by atoms with Crippen molar-refractivity contribution in [2.75, 3.05) is 29.0 Å². The van der Waals surface area contributed by atoms with Crippen molar-refractivity contribution < 1.29 is 8.42 Å². The fourth-order valence-electron chi connectivity index (χ4n) is 2.36. The lowest BCUT2D eigenvalue weighted by molar-refractivity contribution is 0.598. The van der Waals surface area contributed by atoms with Gasteiger partial charge in [0.1, 0.15) is 0 Å². The molecule has 2 rings (SSSR count). The highest BCUT2D eigenvalue weighted by molar-refractivity contribution is 7.92. The minimum Gasteiger partial charge on any atom is -0.361 e. The van der Waals surface area contributed by atoms with Crippen LogP contribution in [0.15, 0.2) is 29.6 Å². The molecule has 0 bridgehead atoms. The highest BCUT2D eigenvalue weighted by Crippen LogP contribution is 2.27. The zero-order valence-corrected chi connectivity index (χ0v) is 16.2. The Morgan fingerprint density at radius 3 is 2.46 bits per heavy atom. The molecule has 0 saturated heterocycles. The first kappa shape index (κ1) is 18.7. The van der Waals surface area contributed by atoms with Gasteiger partial charge in [0.25, 0.3) is 0 Å². The van der Waals surface area contributed by atoms with E-state index in [0.717, 1.165) is 29.4 Å². The first-order valence-corrected chi connectivity index (χ1v) is 10.8. The van der Waals surface area contributed by atoms with Crippen molar-refractivity contribution in [3.8, 4) is 11.3 Å². The second-order valence-corrected chi connectivity index (χ2v) is 8.89. The lowest BCUT2D eigenvalue weighted by Gasteiger charge is -2.20. The van der Waals surface area contributed by atoms with E-state index >= 15 is 0 Å². The lowest BCUT2D eigenvalue weighted by atomic mass is 10.1. The van der Waals surface area contributed by atoms with Gasteiger partial charge in [-0.1, -0.05) is 26.0 Å². The van der Waals surface area contributed by atoms with E-state index in [-0.39, 0.29) is 0 Å². The fraction of sp³-hybridized carbons (Fsp3) is 0.471. The van der Waals surface area contributed by atoms with Crippen molar-refractivity contribution >= 4 is 32.2 Å². The standard InChI is InChI=1S/C17H25N3O2S2/c1-5-20(24(4,21)22)15-8-6-14(7-9-15)16-12-23-17(19-16)18-11-10-13(2)3/h6-9,12-13H,5,10-11H2,1-4H3,(H,18,19). The Bertz CT molecular complexity index is 752. The second kappa shape index (κ2) is 7.98. The number of aromatic nitrogens is 1. The SMILES string of the molecule is CCN(c1ccc(-c2csc(NCCC(C)C)n2)cc1)S(C)(=O)=O. The Labute approximate surface area is 148 Å². The van der Waals surface area contributed by atoms with Crippen molar-refractivity contribution in [2.45, 2.75) is 27.2 Å². The monoisotopic (exact) mass is 367 g/mol. The highest BCUT2D eigenvalue weighted by Gasteiger charge is 2.15. The molecule has 0 atom stereocenters. The van der Waals surface area contributed by atoms with Crippen LogP contribution in [-0.4, -0.2) is 32.7 Å². The summed E-state index contributed by atoms with van der Waals surface area (Å²) in [5, 5.41) is 6.28. The first-order chi connectivity index (χ1) is 11.3. The molecule has 1 heterocycles. The summed E-state index contributed by atoms with van der Waals surface area (Å²) in [6.45, 7) is 7.56. The van der Waals surface area contributed by atoms with Gasteiger partial charge in [0, 0.05) is 24.0 Å². The number of rotatable bonds is 8. The molecule has 1 aromatic heterocycles. The van der Waals surface area contributed by atoms with Crippen LogP contribution in [0.4, 0.5) is 10.8 Å². The summed E-state index contributed by atoms with van der Waals surface area (Å²) in [7, 11) is -3.25.